The zero-order chi connectivity index (χ0) is 23.5. The molecule has 1 heterocycles. The largest absolute Gasteiger partial charge is 0.481 e. The molecule has 2 aromatic carbocycles. The smallest absolute Gasteiger partial charge is 0.344 e. The zero-order valence-corrected chi connectivity index (χ0v) is 21.4. The number of hydrogen-bond donors (Lipinski definition) is 0. The van der Waals surface area contributed by atoms with E-state index in [4.69, 9.17) is 14.5 Å². The van der Waals surface area contributed by atoms with E-state index in [1.807, 2.05) is 26.8 Å². The Morgan fingerprint density at radius 1 is 1.16 bits per heavy atom. The molecule has 0 saturated carbocycles. The van der Waals surface area contributed by atoms with Gasteiger partial charge in [0.15, 0.2) is 6.61 Å². The number of carbonyl (C=O) groups excluding carboxylic acids is 1. The second-order valence-electron chi connectivity index (χ2n) is 7.98. The van der Waals surface area contributed by atoms with Gasteiger partial charge >= 0.3 is 5.97 Å². The third-order valence-electron chi connectivity index (χ3n) is 4.41. The van der Waals surface area contributed by atoms with Crippen molar-refractivity contribution in [2.75, 3.05) is 13.2 Å². The van der Waals surface area contributed by atoms with Gasteiger partial charge in [0.1, 0.15) is 11.6 Å². The normalized spacial score (nSPS) is 11.8. The van der Waals surface area contributed by atoms with E-state index in [0.717, 1.165) is 8.95 Å². The molecule has 7 nitrogen and oxygen atoms in total. The van der Waals surface area contributed by atoms with Crippen molar-refractivity contribution in [3.05, 3.63) is 67.1 Å². The van der Waals surface area contributed by atoms with Crippen molar-refractivity contribution in [2.45, 2.75) is 33.1 Å². The number of nitrogens with zero attached hydrogens (tertiary/aromatic N) is 3. The van der Waals surface area contributed by atoms with Crippen LogP contribution in [-0.4, -0.2) is 35.1 Å². The van der Waals surface area contributed by atoms with Gasteiger partial charge in [-0.05, 0) is 43.3 Å². The summed E-state index contributed by atoms with van der Waals surface area (Å²) in [7, 11) is 0. The Morgan fingerprint density at radius 3 is 2.53 bits per heavy atom. The average Bonchev–Trinajstić information content (AvgIpc) is 2.72. The van der Waals surface area contributed by atoms with Crippen LogP contribution >= 0.6 is 31.9 Å². The zero-order valence-electron chi connectivity index (χ0n) is 18.2. The molecule has 0 N–H and O–H groups in total. The predicted molar refractivity (Wildman–Crippen MR) is 132 cm³/mol. The number of carbonyl (C=O) groups is 1. The highest BCUT2D eigenvalue weighted by molar-refractivity contribution is 9.10. The first kappa shape index (κ1) is 24.1. The van der Waals surface area contributed by atoms with Crippen molar-refractivity contribution in [1.29, 1.82) is 0 Å². The number of benzene rings is 2. The van der Waals surface area contributed by atoms with Gasteiger partial charge in [-0.1, -0.05) is 52.6 Å². The van der Waals surface area contributed by atoms with Crippen LogP contribution in [0.25, 0.3) is 10.9 Å². The van der Waals surface area contributed by atoms with Gasteiger partial charge in [0.25, 0.3) is 5.56 Å². The summed E-state index contributed by atoms with van der Waals surface area (Å²) >= 11 is 6.84. The topological polar surface area (TPSA) is 82.8 Å². The van der Waals surface area contributed by atoms with Gasteiger partial charge < -0.3 is 9.47 Å². The van der Waals surface area contributed by atoms with Crippen molar-refractivity contribution in [3.63, 3.8) is 0 Å². The summed E-state index contributed by atoms with van der Waals surface area (Å²) in [5, 5.41) is 4.93. The molecular formula is C23H23Br2N3O4. The van der Waals surface area contributed by atoms with E-state index in [1.165, 1.54) is 10.9 Å². The highest BCUT2D eigenvalue weighted by Gasteiger charge is 2.23. The van der Waals surface area contributed by atoms with Gasteiger partial charge in [-0.15, -0.1) is 0 Å². The first-order valence-corrected chi connectivity index (χ1v) is 11.5. The van der Waals surface area contributed by atoms with Crippen LogP contribution < -0.4 is 10.3 Å². The molecule has 0 saturated heterocycles. The standard InChI is InChI=1S/C23H23Br2N3O4/c1-5-31-20(29)13-32-19-9-7-15(24)10-14(19)12-26-28-21(30)17-11-16(25)6-8-18(17)27-22(28)23(2,3)4/h6-12H,5,13H2,1-4H3. The van der Waals surface area contributed by atoms with E-state index in [1.54, 1.807) is 37.3 Å². The summed E-state index contributed by atoms with van der Waals surface area (Å²) in [6.07, 6.45) is 1.52. The minimum Gasteiger partial charge on any atom is -0.481 e. The van der Waals surface area contributed by atoms with Crippen LogP contribution in [0.2, 0.25) is 0 Å². The summed E-state index contributed by atoms with van der Waals surface area (Å²) in [5.74, 6) is 0.498. The number of fused-ring (bicyclic) bond motifs is 1. The summed E-state index contributed by atoms with van der Waals surface area (Å²) < 4.78 is 13.4. The molecule has 0 atom stereocenters. The quantitative estimate of drug-likeness (QED) is 0.309. The maximum Gasteiger partial charge on any atom is 0.344 e. The Morgan fingerprint density at radius 2 is 1.84 bits per heavy atom. The predicted octanol–water partition coefficient (Wildman–Crippen LogP) is 5.04. The third-order valence-corrected chi connectivity index (χ3v) is 5.40. The van der Waals surface area contributed by atoms with Gasteiger partial charge in [-0.3, -0.25) is 4.79 Å². The molecule has 0 radical (unpaired) electrons. The van der Waals surface area contributed by atoms with E-state index in [-0.39, 0.29) is 18.8 Å². The van der Waals surface area contributed by atoms with Gasteiger partial charge in [0, 0.05) is 19.9 Å². The van der Waals surface area contributed by atoms with Crippen molar-refractivity contribution in [3.8, 4) is 5.75 Å². The van der Waals surface area contributed by atoms with Crippen molar-refractivity contribution in [1.82, 2.24) is 9.66 Å². The van der Waals surface area contributed by atoms with E-state index in [9.17, 15) is 9.59 Å². The van der Waals surface area contributed by atoms with Crippen molar-refractivity contribution < 1.29 is 14.3 Å². The number of hydrogen-bond acceptors (Lipinski definition) is 6. The number of rotatable bonds is 6. The van der Waals surface area contributed by atoms with Crippen LogP contribution in [-0.2, 0) is 14.9 Å². The average molecular weight is 565 g/mol. The van der Waals surface area contributed by atoms with Crippen molar-refractivity contribution >= 4 is 54.9 Å². The third kappa shape index (κ3) is 5.63. The lowest BCUT2D eigenvalue weighted by Crippen LogP contribution is -2.29. The lowest BCUT2D eigenvalue weighted by molar-refractivity contribution is -0.145. The van der Waals surface area contributed by atoms with Crippen LogP contribution in [0.4, 0.5) is 0 Å². The Kier molecular flexibility index (Phi) is 7.51. The molecule has 0 aliphatic heterocycles. The fourth-order valence-corrected chi connectivity index (χ4v) is 3.69. The molecule has 0 spiro atoms. The molecule has 1 aromatic heterocycles. The van der Waals surface area contributed by atoms with Gasteiger partial charge in [0.2, 0.25) is 0 Å². The highest BCUT2D eigenvalue weighted by Crippen LogP contribution is 2.24. The number of ether oxygens (including phenoxy) is 2. The molecule has 0 aliphatic carbocycles. The molecule has 0 amide bonds. The molecule has 3 aromatic rings. The van der Waals surface area contributed by atoms with E-state index in [2.05, 4.69) is 37.0 Å². The fraction of sp³-hybridized carbons (Fsp3) is 0.304. The Labute approximate surface area is 202 Å². The Bertz CT molecular complexity index is 1250. The number of aromatic nitrogens is 2. The molecule has 32 heavy (non-hydrogen) atoms. The monoisotopic (exact) mass is 563 g/mol. The molecule has 0 aliphatic rings. The maximum absolute atomic E-state index is 13.3. The molecule has 0 fully saturated rings. The van der Waals surface area contributed by atoms with Crippen molar-refractivity contribution in [2.24, 2.45) is 5.10 Å². The van der Waals surface area contributed by atoms with E-state index in [0.29, 0.717) is 28.0 Å². The van der Waals surface area contributed by atoms with Crippen LogP contribution in [0.15, 0.2) is 55.2 Å². The van der Waals surface area contributed by atoms with Crippen LogP contribution in [0.1, 0.15) is 39.1 Å². The SMILES string of the molecule is CCOC(=O)COc1ccc(Br)cc1C=Nn1c(C(C)(C)C)nc2ccc(Br)cc2c1=O. The Balaban J connectivity index is 2.08. The van der Waals surface area contributed by atoms with Crippen LogP contribution in [0, 0.1) is 0 Å². The second kappa shape index (κ2) is 9.95. The maximum atomic E-state index is 13.3. The second-order valence-corrected chi connectivity index (χ2v) is 9.82. The molecule has 3 rings (SSSR count). The first-order valence-electron chi connectivity index (χ1n) is 9.95. The Hall–Kier alpha value is -2.52. The summed E-state index contributed by atoms with van der Waals surface area (Å²) in [5.41, 5.74) is 0.486. The number of halogens is 2. The molecule has 0 bridgehead atoms. The van der Waals surface area contributed by atoms with Crippen LogP contribution in [0.5, 0.6) is 5.75 Å². The summed E-state index contributed by atoms with van der Waals surface area (Å²) in [4.78, 5) is 29.7. The lowest BCUT2D eigenvalue weighted by Gasteiger charge is -2.21. The minimum absolute atomic E-state index is 0.227. The van der Waals surface area contributed by atoms with Gasteiger partial charge in [0.05, 0.1) is 23.7 Å². The van der Waals surface area contributed by atoms with Gasteiger partial charge in [-0.2, -0.15) is 9.78 Å². The van der Waals surface area contributed by atoms with E-state index < -0.39 is 11.4 Å². The molecule has 168 valence electrons. The first-order chi connectivity index (χ1) is 15.1. The lowest BCUT2D eigenvalue weighted by atomic mass is 9.95. The van der Waals surface area contributed by atoms with E-state index >= 15 is 0 Å². The van der Waals surface area contributed by atoms with Gasteiger partial charge in [-0.25, -0.2) is 9.78 Å². The molecular weight excluding hydrogens is 542 g/mol. The fourth-order valence-electron chi connectivity index (χ4n) is 2.95. The highest BCUT2D eigenvalue weighted by atomic mass is 79.9. The molecule has 9 heteroatoms. The molecule has 0 unspecified atom stereocenters. The van der Waals surface area contributed by atoms with Crippen LogP contribution in [0.3, 0.4) is 0 Å². The summed E-state index contributed by atoms with van der Waals surface area (Å²) in [6.45, 7) is 7.70. The minimum atomic E-state index is -0.464. The number of esters is 1. The summed E-state index contributed by atoms with van der Waals surface area (Å²) in [6, 6.07) is 10.7.